The lowest BCUT2D eigenvalue weighted by Crippen LogP contribution is -2.57. The van der Waals surface area contributed by atoms with Crippen LogP contribution in [0.1, 0.15) is 6.92 Å². The van der Waals surface area contributed by atoms with Gasteiger partial charge in [0.1, 0.15) is 12.4 Å². The van der Waals surface area contributed by atoms with Gasteiger partial charge in [-0.3, -0.25) is 14.5 Å². The molecule has 1 saturated heterocycles. The molecule has 2 amide bonds. The highest BCUT2D eigenvalue weighted by Crippen LogP contribution is 2.31. The zero-order chi connectivity index (χ0) is 21.1. The third-order valence-corrected chi connectivity index (χ3v) is 5.45. The molecule has 1 N–H and O–H groups in total. The van der Waals surface area contributed by atoms with Gasteiger partial charge in [-0.25, -0.2) is 4.39 Å². The van der Waals surface area contributed by atoms with E-state index in [-0.39, 0.29) is 30.3 Å². The summed E-state index contributed by atoms with van der Waals surface area (Å²) < 4.78 is 24.5. The van der Waals surface area contributed by atoms with Gasteiger partial charge in [0.05, 0.1) is 6.04 Å². The van der Waals surface area contributed by atoms with Gasteiger partial charge in [0.15, 0.2) is 11.5 Å². The number of benzene rings is 2. The molecule has 1 fully saturated rings. The molecule has 7 nitrogen and oxygen atoms in total. The molecule has 0 radical (unpaired) electrons. The molecule has 2 atom stereocenters. The van der Waals surface area contributed by atoms with Crippen molar-refractivity contribution in [2.24, 2.45) is 0 Å². The average molecular weight is 413 g/mol. The van der Waals surface area contributed by atoms with Crippen molar-refractivity contribution in [3.63, 3.8) is 0 Å². The number of carbonyl (C=O) groups excluding carboxylic acids is 2. The minimum absolute atomic E-state index is 0.104. The fourth-order valence-corrected chi connectivity index (χ4v) is 3.62. The Morgan fingerprint density at radius 1 is 1.03 bits per heavy atom. The average Bonchev–Trinajstić information content (AvgIpc) is 2.79. The lowest BCUT2D eigenvalue weighted by molar-refractivity contribution is -0.143. The number of nitrogens with zero attached hydrogens (tertiary/aromatic N) is 2. The first kappa shape index (κ1) is 20.2. The Kier molecular flexibility index (Phi) is 5.85. The Bertz CT molecular complexity index is 913. The lowest BCUT2D eigenvalue weighted by Gasteiger charge is -2.39. The molecule has 2 aromatic carbocycles. The summed E-state index contributed by atoms with van der Waals surface area (Å²) >= 11 is 0. The number of amides is 2. The van der Waals surface area contributed by atoms with Crippen LogP contribution >= 0.6 is 0 Å². The maximum absolute atomic E-state index is 13.0. The summed E-state index contributed by atoms with van der Waals surface area (Å²) in [5.41, 5.74) is 0.553. The lowest BCUT2D eigenvalue weighted by atomic mass is 10.2. The van der Waals surface area contributed by atoms with Crippen LogP contribution in [0.25, 0.3) is 0 Å². The van der Waals surface area contributed by atoms with Crippen LogP contribution in [0.3, 0.4) is 0 Å². The summed E-state index contributed by atoms with van der Waals surface area (Å²) in [5.74, 6) is 0.603. The maximum Gasteiger partial charge on any atom is 0.267 e. The zero-order valence-corrected chi connectivity index (χ0v) is 16.7. The van der Waals surface area contributed by atoms with Gasteiger partial charge in [-0.1, -0.05) is 12.1 Å². The van der Waals surface area contributed by atoms with Gasteiger partial charge in [0, 0.05) is 31.9 Å². The van der Waals surface area contributed by atoms with Crippen LogP contribution in [-0.4, -0.2) is 66.5 Å². The molecule has 0 saturated carbocycles. The molecule has 8 heteroatoms. The molecule has 0 aliphatic carbocycles. The molecule has 0 spiro atoms. The van der Waals surface area contributed by atoms with Crippen LogP contribution in [0.15, 0.2) is 48.5 Å². The van der Waals surface area contributed by atoms with Crippen molar-refractivity contribution in [2.45, 2.75) is 19.1 Å². The van der Waals surface area contributed by atoms with E-state index >= 15 is 0 Å². The van der Waals surface area contributed by atoms with Crippen molar-refractivity contribution in [2.75, 3.05) is 38.1 Å². The number of hydrogen-bond acceptors (Lipinski definition) is 5. The van der Waals surface area contributed by atoms with Crippen molar-refractivity contribution in [3.05, 3.63) is 54.3 Å². The van der Waals surface area contributed by atoms with Crippen LogP contribution in [0.5, 0.6) is 11.5 Å². The van der Waals surface area contributed by atoms with Gasteiger partial charge in [-0.05, 0) is 43.3 Å². The first-order valence-electron chi connectivity index (χ1n) is 9.99. The number of halogens is 1. The minimum atomic E-state index is -0.661. The first-order chi connectivity index (χ1) is 14.5. The molecule has 2 aromatic rings. The van der Waals surface area contributed by atoms with E-state index in [1.54, 1.807) is 11.0 Å². The van der Waals surface area contributed by atoms with E-state index in [9.17, 15) is 14.0 Å². The number of hydrogen-bond donors (Lipinski definition) is 1. The molecule has 2 aliphatic rings. The standard InChI is InChI=1S/C22H24FN3O4/c1-15(21(27)24-17-8-6-16(23)7-9-17)25-10-12-26(13-11-25)22(28)20-14-29-18-4-2-3-5-19(18)30-20/h2-9,15,20H,10-14H2,1H3,(H,24,27)/t15-,20-/m0/s1. The number of rotatable bonds is 4. The zero-order valence-electron chi connectivity index (χ0n) is 16.7. The highest BCUT2D eigenvalue weighted by atomic mass is 19.1. The second-order valence-corrected chi connectivity index (χ2v) is 7.40. The molecule has 30 heavy (non-hydrogen) atoms. The summed E-state index contributed by atoms with van der Waals surface area (Å²) in [5, 5.41) is 2.80. The number of anilines is 1. The summed E-state index contributed by atoms with van der Waals surface area (Å²) in [4.78, 5) is 29.1. The van der Waals surface area contributed by atoms with E-state index in [1.807, 2.05) is 30.0 Å². The SMILES string of the molecule is C[C@@H](C(=O)Nc1ccc(F)cc1)N1CCN(C(=O)[C@@H]2COc3ccccc3O2)CC1. The summed E-state index contributed by atoms with van der Waals surface area (Å²) in [6.45, 7) is 4.18. The second kappa shape index (κ2) is 8.71. The number of fused-ring (bicyclic) bond motifs is 1. The van der Waals surface area contributed by atoms with Crippen molar-refractivity contribution in [1.29, 1.82) is 0 Å². The molecule has 2 heterocycles. The largest absolute Gasteiger partial charge is 0.485 e. The van der Waals surface area contributed by atoms with Gasteiger partial charge in [-0.2, -0.15) is 0 Å². The first-order valence-corrected chi connectivity index (χ1v) is 9.99. The van der Waals surface area contributed by atoms with Gasteiger partial charge in [0.25, 0.3) is 5.91 Å². The Hall–Kier alpha value is -3.13. The molecular formula is C22H24FN3O4. The van der Waals surface area contributed by atoms with Crippen LogP contribution in [0, 0.1) is 5.82 Å². The maximum atomic E-state index is 13.0. The van der Waals surface area contributed by atoms with Crippen molar-refractivity contribution >= 4 is 17.5 Å². The predicted molar refractivity (Wildman–Crippen MR) is 109 cm³/mol. The van der Waals surface area contributed by atoms with E-state index < -0.39 is 6.10 Å². The third-order valence-electron chi connectivity index (χ3n) is 5.45. The van der Waals surface area contributed by atoms with Gasteiger partial charge < -0.3 is 19.7 Å². The minimum Gasteiger partial charge on any atom is -0.485 e. The van der Waals surface area contributed by atoms with Crippen molar-refractivity contribution in [1.82, 2.24) is 9.80 Å². The van der Waals surface area contributed by atoms with Crippen LogP contribution in [0.4, 0.5) is 10.1 Å². The number of piperazine rings is 1. The highest BCUT2D eigenvalue weighted by molar-refractivity contribution is 5.94. The Morgan fingerprint density at radius 2 is 1.70 bits per heavy atom. The summed E-state index contributed by atoms with van der Waals surface area (Å²) in [7, 11) is 0. The molecule has 0 aromatic heterocycles. The van der Waals surface area contributed by atoms with E-state index in [1.165, 1.54) is 24.3 Å². The predicted octanol–water partition coefficient (Wildman–Crippen LogP) is 2.14. The molecule has 0 bridgehead atoms. The highest BCUT2D eigenvalue weighted by Gasteiger charge is 2.34. The summed E-state index contributed by atoms with van der Waals surface area (Å²) in [6.07, 6.45) is -0.661. The van der Waals surface area contributed by atoms with Crippen LogP contribution in [0.2, 0.25) is 0 Å². The number of para-hydroxylation sites is 2. The van der Waals surface area contributed by atoms with E-state index in [2.05, 4.69) is 5.32 Å². The van der Waals surface area contributed by atoms with Gasteiger partial charge >= 0.3 is 0 Å². The van der Waals surface area contributed by atoms with E-state index in [0.717, 1.165) is 0 Å². The third kappa shape index (κ3) is 4.38. The molecular weight excluding hydrogens is 389 g/mol. The number of carbonyl (C=O) groups is 2. The Balaban J connectivity index is 1.28. The van der Waals surface area contributed by atoms with E-state index in [4.69, 9.17) is 9.47 Å². The Labute approximate surface area is 174 Å². The van der Waals surface area contributed by atoms with Crippen LogP contribution < -0.4 is 14.8 Å². The molecule has 2 aliphatic heterocycles. The Morgan fingerprint density at radius 3 is 2.40 bits per heavy atom. The van der Waals surface area contributed by atoms with Gasteiger partial charge in [0.2, 0.25) is 12.0 Å². The fraction of sp³-hybridized carbons (Fsp3) is 0.364. The summed E-state index contributed by atoms with van der Waals surface area (Å²) in [6, 6.07) is 12.6. The van der Waals surface area contributed by atoms with Crippen LogP contribution in [-0.2, 0) is 9.59 Å². The molecule has 4 rings (SSSR count). The molecule has 158 valence electrons. The normalized spacial score (nSPS) is 19.8. The topological polar surface area (TPSA) is 71.1 Å². The van der Waals surface area contributed by atoms with E-state index in [0.29, 0.717) is 43.4 Å². The number of nitrogens with one attached hydrogen (secondary N) is 1. The quantitative estimate of drug-likeness (QED) is 0.832. The van der Waals surface area contributed by atoms with Gasteiger partial charge in [-0.15, -0.1) is 0 Å². The van der Waals surface area contributed by atoms with Crippen molar-refractivity contribution in [3.8, 4) is 11.5 Å². The monoisotopic (exact) mass is 413 g/mol. The second-order valence-electron chi connectivity index (χ2n) is 7.40. The van der Waals surface area contributed by atoms with Crippen molar-refractivity contribution < 1.29 is 23.5 Å². The number of ether oxygens (including phenoxy) is 2. The fourth-order valence-electron chi connectivity index (χ4n) is 3.62. The smallest absolute Gasteiger partial charge is 0.267 e. The molecule has 0 unspecified atom stereocenters.